The average molecular weight is 422 g/mol. The third kappa shape index (κ3) is 7.39. The number of alkyl halides is 1. The smallest absolute Gasteiger partial charge is 0.261 e. The van der Waals surface area contributed by atoms with Crippen LogP contribution < -0.4 is 5.32 Å². The van der Waals surface area contributed by atoms with E-state index < -0.39 is 37.5 Å². The van der Waals surface area contributed by atoms with E-state index in [4.69, 9.17) is 5.11 Å². The van der Waals surface area contributed by atoms with Gasteiger partial charge >= 0.3 is 0 Å². The van der Waals surface area contributed by atoms with Gasteiger partial charge in [0.1, 0.15) is 6.10 Å². The molecule has 12 heteroatoms. The molecule has 0 saturated carbocycles. The highest BCUT2D eigenvalue weighted by Crippen LogP contribution is 2.14. The van der Waals surface area contributed by atoms with E-state index in [9.17, 15) is 19.4 Å². The van der Waals surface area contributed by atoms with Crippen LogP contribution in [0.15, 0.2) is 29.4 Å². The molecule has 1 aromatic carbocycles. The van der Waals surface area contributed by atoms with Gasteiger partial charge in [0.2, 0.25) is 5.82 Å². The molecule has 2 rings (SSSR count). The minimum atomic E-state index is -2.00. The zero-order chi connectivity index (χ0) is 21.9. The van der Waals surface area contributed by atoms with Crippen molar-refractivity contribution in [2.45, 2.75) is 38.3 Å². The molecule has 162 valence electrons. The minimum absolute atomic E-state index is 0.175. The molecule has 1 amide bonds. The van der Waals surface area contributed by atoms with Gasteiger partial charge < -0.3 is 25.5 Å². The lowest BCUT2D eigenvalue weighted by molar-refractivity contribution is -0.125. The van der Waals surface area contributed by atoms with Crippen molar-refractivity contribution in [2.75, 3.05) is 13.2 Å². The van der Waals surface area contributed by atoms with Crippen LogP contribution in [0.3, 0.4) is 0 Å². The van der Waals surface area contributed by atoms with Crippen LogP contribution in [0.5, 0.6) is 0 Å². The maximum Gasteiger partial charge on any atom is 0.261 e. The fraction of sp³-hybridized carbons (Fsp3) is 0.444. The van der Waals surface area contributed by atoms with Crippen molar-refractivity contribution in [2.24, 2.45) is 5.16 Å². The van der Waals surface area contributed by atoms with Gasteiger partial charge in [-0.2, -0.15) is 0 Å². The molecule has 0 aliphatic heterocycles. The van der Waals surface area contributed by atoms with E-state index in [1.165, 1.54) is 0 Å². The third-order valence-electron chi connectivity index (χ3n) is 3.90. The van der Waals surface area contributed by atoms with Crippen LogP contribution in [0, 0.1) is 6.92 Å². The molecule has 2 aromatic rings. The van der Waals surface area contributed by atoms with Gasteiger partial charge in [-0.1, -0.05) is 29.4 Å². The summed E-state index contributed by atoms with van der Waals surface area (Å²) in [5.41, 5.74) is 1.54. The predicted molar refractivity (Wildman–Crippen MR) is 103 cm³/mol. The molecule has 0 fully saturated rings. The Hall–Kier alpha value is -3.09. The number of aliphatic hydroxyl groups excluding tert-OH is 3. The topological polar surface area (TPSA) is 163 Å². The van der Waals surface area contributed by atoms with Crippen LogP contribution in [-0.4, -0.2) is 79.4 Å². The van der Waals surface area contributed by atoms with E-state index in [0.29, 0.717) is 17.9 Å². The van der Waals surface area contributed by atoms with Gasteiger partial charge in [-0.3, -0.25) is 4.79 Å². The first-order valence-electron chi connectivity index (χ1n) is 9.07. The summed E-state index contributed by atoms with van der Waals surface area (Å²) in [7, 11) is 0. The minimum Gasteiger partial charge on any atom is -0.396 e. The number of hydrogen-bond acceptors (Lipinski definition) is 10. The molecule has 0 aliphatic carbocycles. The fourth-order valence-corrected chi connectivity index (χ4v) is 2.22. The van der Waals surface area contributed by atoms with Crippen molar-refractivity contribution < 1.29 is 29.3 Å². The highest BCUT2D eigenvalue weighted by atomic mass is 19.1. The lowest BCUT2D eigenvalue weighted by Gasteiger charge is -2.17. The molecular formula is C18H23FN6O5. The second-order valence-corrected chi connectivity index (χ2v) is 6.29. The lowest BCUT2D eigenvalue weighted by atomic mass is 10.1. The van der Waals surface area contributed by atoms with Crippen LogP contribution in [0.25, 0.3) is 11.4 Å². The molecule has 1 aromatic heterocycles. The monoisotopic (exact) mass is 422 g/mol. The Morgan fingerprint density at radius 1 is 1.23 bits per heavy atom. The maximum atomic E-state index is 13.6. The Morgan fingerprint density at radius 2 is 1.90 bits per heavy atom. The number of aromatic nitrogens is 4. The molecule has 0 saturated heterocycles. The number of aryl methyl sites for hydroxylation is 1. The number of hydrogen-bond donors (Lipinski definition) is 4. The molecule has 30 heavy (non-hydrogen) atoms. The number of carbonyl (C=O) groups is 1. The van der Waals surface area contributed by atoms with Crippen molar-refractivity contribution in [3.05, 3.63) is 35.7 Å². The zero-order valence-corrected chi connectivity index (χ0v) is 16.2. The van der Waals surface area contributed by atoms with Crippen molar-refractivity contribution in [1.29, 1.82) is 0 Å². The maximum absolute atomic E-state index is 13.6. The van der Waals surface area contributed by atoms with Gasteiger partial charge in [0.25, 0.3) is 5.91 Å². The standard InChI is InChI=1S/C18H23FN6O5/c1-11-22-24-18(25-23-11)13-4-2-12(3-5-13)8-20-16(28)10-30-21-9-14(19)17(29)15(27)6-7-26/h2-5,9,14-15,17,26-27,29H,6-8,10H2,1H3,(H,20,28)/b21-9+/t14-,15+,17+/m0/s1. The van der Waals surface area contributed by atoms with Gasteiger partial charge in [0.15, 0.2) is 18.6 Å². The first kappa shape index (κ1) is 23.2. The summed E-state index contributed by atoms with van der Waals surface area (Å²) < 4.78 is 13.6. The van der Waals surface area contributed by atoms with E-state index >= 15 is 0 Å². The van der Waals surface area contributed by atoms with Crippen LogP contribution in [0.1, 0.15) is 17.8 Å². The number of carbonyl (C=O) groups excluding carboxylic acids is 1. The summed E-state index contributed by atoms with van der Waals surface area (Å²) in [6.07, 6.45) is -4.73. The Kier molecular flexibility index (Phi) is 9.12. The molecule has 0 aliphatic rings. The highest BCUT2D eigenvalue weighted by Gasteiger charge is 2.24. The highest BCUT2D eigenvalue weighted by molar-refractivity contribution is 5.77. The summed E-state index contributed by atoms with van der Waals surface area (Å²) in [6.45, 7) is 1.07. The van der Waals surface area contributed by atoms with Gasteiger partial charge in [-0.05, 0) is 18.9 Å². The SMILES string of the molecule is Cc1nnc(-c2ccc(CNC(=O)CO/N=C/[C@H](F)[C@@H](O)[C@H](O)CCO)cc2)nn1. The lowest BCUT2D eigenvalue weighted by Crippen LogP contribution is -2.36. The first-order chi connectivity index (χ1) is 14.4. The number of rotatable bonds is 11. The molecule has 4 N–H and O–H groups in total. The van der Waals surface area contributed by atoms with Crippen molar-refractivity contribution in [1.82, 2.24) is 25.7 Å². The molecule has 0 bridgehead atoms. The molecule has 1 heterocycles. The molecular weight excluding hydrogens is 399 g/mol. The summed E-state index contributed by atoms with van der Waals surface area (Å²) in [5.74, 6) is 0.382. The van der Waals surface area contributed by atoms with E-state index in [2.05, 4.69) is 35.7 Å². The molecule has 3 atom stereocenters. The number of benzene rings is 1. The largest absolute Gasteiger partial charge is 0.396 e. The summed E-state index contributed by atoms with van der Waals surface area (Å²) in [4.78, 5) is 16.4. The van der Waals surface area contributed by atoms with Crippen molar-refractivity contribution in [3.8, 4) is 11.4 Å². The summed E-state index contributed by atoms with van der Waals surface area (Å²) in [6, 6.07) is 7.11. The normalized spacial score (nSPS) is 14.3. The fourth-order valence-electron chi connectivity index (χ4n) is 2.22. The van der Waals surface area contributed by atoms with Gasteiger partial charge in [0, 0.05) is 18.7 Å². The molecule has 0 unspecified atom stereocenters. The third-order valence-corrected chi connectivity index (χ3v) is 3.90. The van der Waals surface area contributed by atoms with E-state index in [1.807, 2.05) is 0 Å². The van der Waals surface area contributed by atoms with Gasteiger partial charge in [0.05, 0.1) is 12.3 Å². The van der Waals surface area contributed by atoms with Gasteiger partial charge in [-0.25, -0.2) is 4.39 Å². The quantitative estimate of drug-likeness (QED) is 0.271. The Bertz CT molecular complexity index is 821. The van der Waals surface area contributed by atoms with Gasteiger partial charge in [-0.15, -0.1) is 20.4 Å². The number of amides is 1. The second-order valence-electron chi connectivity index (χ2n) is 6.29. The number of aliphatic hydroxyl groups is 3. The van der Waals surface area contributed by atoms with Crippen LogP contribution in [0.4, 0.5) is 4.39 Å². The van der Waals surface area contributed by atoms with Crippen molar-refractivity contribution in [3.63, 3.8) is 0 Å². The average Bonchev–Trinajstić information content (AvgIpc) is 2.75. The summed E-state index contributed by atoms with van der Waals surface area (Å²) in [5, 5.41) is 48.9. The number of oxime groups is 1. The van der Waals surface area contributed by atoms with E-state index in [0.717, 1.165) is 11.1 Å². The van der Waals surface area contributed by atoms with E-state index in [1.54, 1.807) is 31.2 Å². The first-order valence-corrected chi connectivity index (χ1v) is 9.07. The Morgan fingerprint density at radius 3 is 2.53 bits per heavy atom. The Labute approximate surface area is 171 Å². The molecule has 0 spiro atoms. The van der Waals surface area contributed by atoms with Crippen LogP contribution in [-0.2, 0) is 16.2 Å². The zero-order valence-electron chi connectivity index (χ0n) is 16.2. The Balaban J connectivity index is 1.72. The van der Waals surface area contributed by atoms with Crippen molar-refractivity contribution >= 4 is 12.1 Å². The van der Waals surface area contributed by atoms with Crippen LogP contribution >= 0.6 is 0 Å². The van der Waals surface area contributed by atoms with E-state index in [-0.39, 0.29) is 13.0 Å². The molecule has 0 radical (unpaired) electrons. The number of nitrogens with one attached hydrogen (secondary N) is 1. The second kappa shape index (κ2) is 11.8. The predicted octanol–water partition coefficient (Wildman–Crippen LogP) is -0.697. The van der Waals surface area contributed by atoms with Crippen LogP contribution in [0.2, 0.25) is 0 Å². The number of nitrogens with zero attached hydrogens (tertiary/aromatic N) is 5. The molecule has 11 nitrogen and oxygen atoms in total. The number of halogens is 1. The summed E-state index contributed by atoms with van der Waals surface area (Å²) >= 11 is 0.